The molecule has 2 aliphatic carbocycles. The van der Waals surface area contributed by atoms with Gasteiger partial charge >= 0.3 is 6.09 Å². The Morgan fingerprint density at radius 2 is 1.88 bits per heavy atom. The molecule has 1 aromatic heterocycles. The van der Waals surface area contributed by atoms with Crippen molar-refractivity contribution in [2.75, 3.05) is 5.32 Å². The Bertz CT molecular complexity index is 1220. The van der Waals surface area contributed by atoms with E-state index in [0.717, 1.165) is 60.4 Å². The third-order valence-electron chi connectivity index (χ3n) is 7.07. The van der Waals surface area contributed by atoms with Gasteiger partial charge in [0.2, 0.25) is 0 Å². The lowest BCUT2D eigenvalue weighted by Gasteiger charge is -2.23. The van der Waals surface area contributed by atoms with Crippen LogP contribution in [0.1, 0.15) is 82.5 Å². The Hall–Kier alpha value is -2.55. The van der Waals surface area contributed by atoms with E-state index in [1.54, 1.807) is 0 Å². The van der Waals surface area contributed by atoms with Gasteiger partial charge in [-0.1, -0.05) is 6.07 Å². The third-order valence-corrected chi connectivity index (χ3v) is 8.58. The van der Waals surface area contributed by atoms with Crippen LogP contribution >= 0.6 is 0 Å². The number of amides is 1. The lowest BCUT2D eigenvalue weighted by Crippen LogP contribution is -2.36. The summed E-state index contributed by atoms with van der Waals surface area (Å²) >= 11 is 0. The Kier molecular flexibility index (Phi) is 5.46. The van der Waals surface area contributed by atoms with Crippen LogP contribution < -0.4 is 10.6 Å². The number of hydrogen-bond acceptors (Lipinski definition) is 6. The molecule has 2 N–H and O–H groups in total. The van der Waals surface area contributed by atoms with Gasteiger partial charge in [-0.3, -0.25) is 0 Å². The van der Waals surface area contributed by atoms with Crippen molar-refractivity contribution in [3.05, 3.63) is 41.1 Å². The Morgan fingerprint density at radius 3 is 2.59 bits per heavy atom. The van der Waals surface area contributed by atoms with Crippen LogP contribution in [-0.4, -0.2) is 35.9 Å². The molecule has 0 spiro atoms. The van der Waals surface area contributed by atoms with Crippen LogP contribution in [-0.2, 0) is 31.6 Å². The zero-order valence-electron chi connectivity index (χ0n) is 20.3. The first-order valence-corrected chi connectivity index (χ1v) is 13.9. The third kappa shape index (κ3) is 4.94. The van der Waals surface area contributed by atoms with E-state index in [1.807, 2.05) is 29.8 Å². The molecule has 8 nitrogen and oxygen atoms in total. The van der Waals surface area contributed by atoms with E-state index in [-0.39, 0.29) is 40.7 Å². The van der Waals surface area contributed by atoms with Gasteiger partial charge in [0, 0.05) is 23.2 Å². The Balaban J connectivity index is 1.31. The maximum absolute atomic E-state index is 12.2. The summed E-state index contributed by atoms with van der Waals surface area (Å²) in [6.07, 6.45) is 4.13. The number of aromatic nitrogens is 2. The average Bonchev–Trinajstić information content (AvgIpc) is 3.09. The number of sulfone groups is 1. The van der Waals surface area contributed by atoms with E-state index in [2.05, 4.69) is 37.5 Å². The first kappa shape index (κ1) is 23.2. The molecule has 0 saturated heterocycles. The molecule has 2 saturated carbocycles. The summed E-state index contributed by atoms with van der Waals surface area (Å²) in [6, 6.07) is 7.83. The smallest absolute Gasteiger partial charge is 0.407 e. The highest BCUT2D eigenvalue weighted by Gasteiger charge is 2.40. The maximum Gasteiger partial charge on any atom is 0.407 e. The van der Waals surface area contributed by atoms with E-state index < -0.39 is 9.84 Å². The predicted octanol–water partition coefficient (Wildman–Crippen LogP) is 4.72. The second-order valence-corrected chi connectivity index (χ2v) is 13.5. The number of anilines is 2. The molecule has 0 unspecified atom stereocenters. The van der Waals surface area contributed by atoms with Gasteiger partial charge in [0.15, 0.2) is 9.84 Å². The van der Waals surface area contributed by atoms with Crippen molar-refractivity contribution in [3.8, 4) is 0 Å². The molecule has 0 bridgehead atoms. The minimum absolute atomic E-state index is 0.0805. The first-order valence-electron chi connectivity index (χ1n) is 12.1. The van der Waals surface area contributed by atoms with E-state index in [0.29, 0.717) is 0 Å². The minimum Gasteiger partial charge on any atom is -0.446 e. The van der Waals surface area contributed by atoms with Gasteiger partial charge in [-0.15, -0.1) is 0 Å². The maximum atomic E-state index is 12.2. The number of rotatable bonds is 5. The fourth-order valence-corrected chi connectivity index (χ4v) is 6.51. The highest BCUT2D eigenvalue weighted by molar-refractivity contribution is 7.90. The zero-order chi connectivity index (χ0) is 24.3. The first-order chi connectivity index (χ1) is 15.9. The fourth-order valence-electron chi connectivity index (χ4n) is 4.91. The predicted molar refractivity (Wildman–Crippen MR) is 131 cm³/mol. The molecule has 5 rings (SSSR count). The van der Waals surface area contributed by atoms with Crippen molar-refractivity contribution in [3.63, 3.8) is 0 Å². The topological polar surface area (TPSA) is 102 Å². The lowest BCUT2D eigenvalue weighted by molar-refractivity contribution is 0.0967. The number of nitrogens with zero attached hydrogens (tertiary/aromatic N) is 2. The standard InChI is InChI=1S/C25H34N4O4S/c1-24(2,3)29-22(26-19-7-5-17-14-34(31,32)15-18(17)11-19)13-21(28-29)16-6-8-20(12-16)33-23(30)27-25(4)9-10-25/h5,7,11,13,16,20,26H,6,8-10,12,14-15H2,1-4H3,(H,27,30)/t16-,20+/m0/s1. The molecule has 1 amide bonds. The average molecular weight is 487 g/mol. The van der Waals surface area contributed by atoms with Crippen LogP contribution in [0, 0.1) is 0 Å². The number of carbonyl (C=O) groups is 1. The highest BCUT2D eigenvalue weighted by atomic mass is 32.2. The summed E-state index contributed by atoms with van der Waals surface area (Å²) in [4.78, 5) is 12.2. The summed E-state index contributed by atoms with van der Waals surface area (Å²) < 4.78 is 31.7. The molecule has 34 heavy (non-hydrogen) atoms. The fraction of sp³-hybridized carbons (Fsp3) is 0.600. The van der Waals surface area contributed by atoms with E-state index >= 15 is 0 Å². The lowest BCUT2D eigenvalue weighted by atomic mass is 10.0. The summed E-state index contributed by atoms with van der Waals surface area (Å²) in [5.41, 5.74) is 3.26. The summed E-state index contributed by atoms with van der Waals surface area (Å²) in [5, 5.41) is 11.4. The van der Waals surface area contributed by atoms with Crippen molar-refractivity contribution in [2.45, 2.75) is 94.4 Å². The molecule has 184 valence electrons. The van der Waals surface area contributed by atoms with E-state index in [9.17, 15) is 13.2 Å². The molecule has 2 fully saturated rings. The Morgan fingerprint density at radius 1 is 1.15 bits per heavy atom. The second kappa shape index (κ2) is 8.00. The number of fused-ring (bicyclic) bond motifs is 1. The number of alkyl carbamates (subject to hydrolysis) is 1. The van der Waals surface area contributed by atoms with E-state index in [4.69, 9.17) is 9.84 Å². The van der Waals surface area contributed by atoms with Crippen LogP contribution in [0.2, 0.25) is 0 Å². The van der Waals surface area contributed by atoms with Crippen molar-refractivity contribution >= 4 is 27.4 Å². The summed E-state index contributed by atoms with van der Waals surface area (Å²) in [6.45, 7) is 8.36. The van der Waals surface area contributed by atoms with Crippen molar-refractivity contribution in [2.24, 2.45) is 0 Å². The zero-order valence-corrected chi connectivity index (χ0v) is 21.2. The monoisotopic (exact) mass is 486 g/mol. The number of benzene rings is 1. The van der Waals surface area contributed by atoms with Gasteiger partial charge < -0.3 is 15.4 Å². The normalized spacial score (nSPS) is 24.5. The number of hydrogen-bond donors (Lipinski definition) is 2. The van der Waals surface area contributed by atoms with Crippen molar-refractivity contribution in [1.29, 1.82) is 0 Å². The summed E-state index contributed by atoms with van der Waals surface area (Å²) in [7, 11) is -3.04. The molecule has 2 heterocycles. The minimum atomic E-state index is -3.04. The molecule has 9 heteroatoms. The van der Waals surface area contributed by atoms with Crippen LogP contribution in [0.4, 0.5) is 16.3 Å². The molecule has 2 aromatic rings. The van der Waals surface area contributed by atoms with Gasteiger partial charge in [0.1, 0.15) is 11.9 Å². The van der Waals surface area contributed by atoms with Gasteiger partial charge in [-0.25, -0.2) is 17.9 Å². The molecular formula is C25H34N4O4S. The van der Waals surface area contributed by atoms with Crippen molar-refractivity contribution < 1.29 is 17.9 Å². The van der Waals surface area contributed by atoms with Crippen LogP contribution in [0.3, 0.4) is 0 Å². The highest BCUT2D eigenvalue weighted by Crippen LogP contribution is 2.39. The van der Waals surface area contributed by atoms with Gasteiger partial charge in [0.25, 0.3) is 0 Å². The quantitative estimate of drug-likeness (QED) is 0.634. The molecule has 3 aliphatic rings. The van der Waals surface area contributed by atoms with Crippen molar-refractivity contribution in [1.82, 2.24) is 15.1 Å². The van der Waals surface area contributed by atoms with Crippen LogP contribution in [0.25, 0.3) is 0 Å². The number of carbonyl (C=O) groups excluding carboxylic acids is 1. The van der Waals surface area contributed by atoms with Crippen LogP contribution in [0.15, 0.2) is 24.3 Å². The molecule has 0 radical (unpaired) electrons. The SMILES string of the molecule is CC1(NC(=O)O[C@@H]2CC[C@H](c3cc(Nc4ccc5c(c4)CS(=O)(=O)C5)n(C(C)(C)C)n3)C2)CC1. The van der Waals surface area contributed by atoms with E-state index in [1.165, 1.54) is 0 Å². The van der Waals surface area contributed by atoms with Gasteiger partial charge in [-0.05, 0) is 83.1 Å². The molecular weight excluding hydrogens is 452 g/mol. The second-order valence-electron chi connectivity index (χ2n) is 11.4. The number of ether oxygens (including phenoxy) is 1. The largest absolute Gasteiger partial charge is 0.446 e. The molecule has 1 aliphatic heterocycles. The number of nitrogens with one attached hydrogen (secondary N) is 2. The van der Waals surface area contributed by atoms with Gasteiger partial charge in [0.05, 0.1) is 22.7 Å². The molecule has 2 atom stereocenters. The molecule has 1 aromatic carbocycles. The summed E-state index contributed by atoms with van der Waals surface area (Å²) in [5.74, 6) is 1.31. The Labute approximate surface area is 201 Å². The van der Waals surface area contributed by atoms with Crippen LogP contribution in [0.5, 0.6) is 0 Å². The van der Waals surface area contributed by atoms with Gasteiger partial charge in [-0.2, -0.15) is 5.10 Å².